The van der Waals surface area contributed by atoms with Gasteiger partial charge in [-0.25, -0.2) is 0 Å². The second-order valence-electron chi connectivity index (χ2n) is 5.86. The lowest BCUT2D eigenvalue weighted by molar-refractivity contribution is -0.121. The van der Waals surface area contributed by atoms with E-state index in [1.54, 1.807) is 42.5 Å². The average Bonchev–Trinajstić information content (AvgIpc) is 2.74. The molecule has 0 unspecified atom stereocenters. The van der Waals surface area contributed by atoms with Crippen LogP contribution in [0.5, 0.6) is 5.75 Å². The van der Waals surface area contributed by atoms with Crippen LogP contribution < -0.4 is 20.3 Å². The molecule has 2 N–H and O–H groups in total. The van der Waals surface area contributed by atoms with Crippen LogP contribution in [0, 0.1) is 0 Å². The van der Waals surface area contributed by atoms with Crippen molar-refractivity contribution in [1.82, 2.24) is 0 Å². The van der Waals surface area contributed by atoms with Gasteiger partial charge in [0.15, 0.2) is 0 Å². The van der Waals surface area contributed by atoms with Crippen LogP contribution in [0.4, 0.5) is 17.1 Å². The highest BCUT2D eigenvalue weighted by atomic mass is 16.5. The summed E-state index contributed by atoms with van der Waals surface area (Å²) in [6, 6.07) is 14.0. The first-order valence-electron chi connectivity index (χ1n) is 8.22. The van der Waals surface area contributed by atoms with E-state index in [1.807, 2.05) is 6.07 Å². The first kappa shape index (κ1) is 17.5. The zero-order valence-electron chi connectivity index (χ0n) is 14.3. The number of hydrogen-bond donors (Lipinski definition) is 2. The lowest BCUT2D eigenvalue weighted by Gasteiger charge is -2.21. The van der Waals surface area contributed by atoms with Gasteiger partial charge in [0.25, 0.3) is 0 Å². The van der Waals surface area contributed by atoms with Crippen LogP contribution in [-0.4, -0.2) is 30.9 Å². The number of ether oxygens (including phenoxy) is 1. The smallest absolute Gasteiger partial charge is 0.244 e. The van der Waals surface area contributed by atoms with Crippen molar-refractivity contribution >= 4 is 34.8 Å². The van der Waals surface area contributed by atoms with E-state index >= 15 is 0 Å². The number of carbonyl (C=O) groups excluding carboxylic acids is 3. The van der Waals surface area contributed by atoms with E-state index in [-0.39, 0.29) is 37.3 Å². The number of para-hydroxylation sites is 2. The maximum atomic E-state index is 12.4. The predicted octanol–water partition coefficient (Wildman–Crippen LogP) is 2.40. The van der Waals surface area contributed by atoms with Gasteiger partial charge in [-0.15, -0.1) is 0 Å². The lowest BCUT2D eigenvalue weighted by atomic mass is 10.2. The van der Waals surface area contributed by atoms with Gasteiger partial charge in [0.2, 0.25) is 17.7 Å². The Morgan fingerprint density at radius 1 is 1.08 bits per heavy atom. The van der Waals surface area contributed by atoms with Gasteiger partial charge < -0.3 is 15.4 Å². The Balaban J connectivity index is 1.73. The highest BCUT2D eigenvalue weighted by Crippen LogP contribution is 2.30. The number of hydrogen-bond acceptors (Lipinski definition) is 4. The fourth-order valence-electron chi connectivity index (χ4n) is 2.72. The van der Waals surface area contributed by atoms with E-state index in [2.05, 4.69) is 10.6 Å². The Labute approximate surface area is 150 Å². The minimum Gasteiger partial charge on any atom is -0.491 e. The number of anilines is 3. The van der Waals surface area contributed by atoms with E-state index in [0.717, 1.165) is 0 Å². The molecule has 2 aromatic rings. The zero-order valence-corrected chi connectivity index (χ0v) is 14.3. The Morgan fingerprint density at radius 2 is 1.81 bits per heavy atom. The van der Waals surface area contributed by atoms with Gasteiger partial charge in [-0.1, -0.05) is 18.2 Å². The number of nitrogens with zero attached hydrogens (tertiary/aromatic N) is 1. The summed E-state index contributed by atoms with van der Waals surface area (Å²) in [6.07, 6.45) is 0.208. The summed E-state index contributed by atoms with van der Waals surface area (Å²) >= 11 is 0. The quantitative estimate of drug-likeness (QED) is 0.883. The molecule has 0 radical (unpaired) electrons. The largest absolute Gasteiger partial charge is 0.491 e. The fraction of sp³-hybridized carbons (Fsp3) is 0.211. The monoisotopic (exact) mass is 353 g/mol. The van der Waals surface area contributed by atoms with Crippen LogP contribution in [0.2, 0.25) is 0 Å². The lowest BCUT2D eigenvalue weighted by Crippen LogP contribution is -2.37. The van der Waals surface area contributed by atoms with Crippen molar-refractivity contribution in [3.8, 4) is 5.75 Å². The molecule has 1 aliphatic rings. The summed E-state index contributed by atoms with van der Waals surface area (Å²) in [6.45, 7) is 1.58. The van der Waals surface area contributed by atoms with Gasteiger partial charge in [-0.2, -0.15) is 0 Å². The van der Waals surface area contributed by atoms with Crippen molar-refractivity contribution in [2.24, 2.45) is 0 Å². The molecule has 0 fully saturated rings. The normalized spacial score (nSPS) is 13.3. The number of benzene rings is 2. The molecule has 134 valence electrons. The summed E-state index contributed by atoms with van der Waals surface area (Å²) in [5, 5.41) is 5.41. The minimum atomic E-state index is -0.338. The third-order valence-electron chi connectivity index (χ3n) is 3.80. The highest BCUT2D eigenvalue weighted by Gasteiger charge is 2.25. The number of rotatable bonds is 4. The van der Waals surface area contributed by atoms with Gasteiger partial charge in [-0.05, 0) is 30.3 Å². The molecule has 0 saturated heterocycles. The molecule has 0 spiro atoms. The molecule has 7 nitrogen and oxygen atoms in total. The molecule has 0 aliphatic carbocycles. The van der Waals surface area contributed by atoms with Crippen molar-refractivity contribution in [1.29, 1.82) is 0 Å². The molecule has 1 heterocycles. The number of fused-ring (bicyclic) bond motifs is 1. The topological polar surface area (TPSA) is 87.7 Å². The second kappa shape index (κ2) is 7.69. The number of carbonyl (C=O) groups is 3. The number of amides is 3. The standard InChI is InChI=1S/C19H19N3O4/c1-13(23)20-14-5-4-6-15(11-14)21-18(24)12-22-16-7-2-3-8-17(16)26-10-9-19(22)25/h2-8,11H,9-10,12H2,1H3,(H,20,23)(H,21,24). The molecule has 2 aromatic carbocycles. The summed E-state index contributed by atoms with van der Waals surface area (Å²) in [4.78, 5) is 37.4. The third kappa shape index (κ3) is 4.18. The highest BCUT2D eigenvalue weighted by molar-refractivity contribution is 6.04. The second-order valence-corrected chi connectivity index (χ2v) is 5.86. The predicted molar refractivity (Wildman–Crippen MR) is 98.3 cm³/mol. The van der Waals surface area contributed by atoms with Crippen molar-refractivity contribution in [2.45, 2.75) is 13.3 Å². The van der Waals surface area contributed by atoms with E-state index in [0.29, 0.717) is 22.8 Å². The summed E-state index contributed by atoms with van der Waals surface area (Å²) < 4.78 is 5.57. The molecule has 0 aromatic heterocycles. The molecule has 0 saturated carbocycles. The average molecular weight is 353 g/mol. The third-order valence-corrected chi connectivity index (χ3v) is 3.80. The van der Waals surface area contributed by atoms with Crippen LogP contribution in [-0.2, 0) is 14.4 Å². The minimum absolute atomic E-state index is 0.121. The first-order chi connectivity index (χ1) is 12.5. The van der Waals surface area contributed by atoms with Crippen LogP contribution in [0.3, 0.4) is 0 Å². The maximum Gasteiger partial charge on any atom is 0.244 e. The number of nitrogens with one attached hydrogen (secondary N) is 2. The molecule has 7 heteroatoms. The van der Waals surface area contributed by atoms with Gasteiger partial charge in [0.05, 0.1) is 18.7 Å². The molecule has 26 heavy (non-hydrogen) atoms. The summed E-state index contributed by atoms with van der Waals surface area (Å²) in [5.74, 6) is -0.119. The van der Waals surface area contributed by atoms with Gasteiger partial charge in [0, 0.05) is 18.3 Å². The first-order valence-corrected chi connectivity index (χ1v) is 8.22. The van der Waals surface area contributed by atoms with Crippen molar-refractivity contribution in [3.63, 3.8) is 0 Å². The van der Waals surface area contributed by atoms with Gasteiger partial charge >= 0.3 is 0 Å². The Hall–Kier alpha value is -3.35. The Kier molecular flexibility index (Phi) is 5.17. The zero-order chi connectivity index (χ0) is 18.5. The fourth-order valence-corrected chi connectivity index (χ4v) is 2.72. The van der Waals surface area contributed by atoms with Crippen molar-refractivity contribution < 1.29 is 19.1 Å². The molecular weight excluding hydrogens is 334 g/mol. The summed E-state index contributed by atoms with van der Waals surface area (Å²) in [5.41, 5.74) is 1.70. The van der Waals surface area contributed by atoms with Crippen LogP contribution in [0.15, 0.2) is 48.5 Å². The van der Waals surface area contributed by atoms with Gasteiger partial charge in [-0.3, -0.25) is 19.3 Å². The maximum absolute atomic E-state index is 12.4. The molecule has 0 atom stereocenters. The van der Waals surface area contributed by atoms with Crippen LogP contribution in [0.1, 0.15) is 13.3 Å². The van der Waals surface area contributed by atoms with E-state index in [1.165, 1.54) is 11.8 Å². The SMILES string of the molecule is CC(=O)Nc1cccc(NC(=O)CN2C(=O)CCOc3ccccc32)c1. The summed E-state index contributed by atoms with van der Waals surface area (Å²) in [7, 11) is 0. The van der Waals surface area contributed by atoms with Gasteiger partial charge in [0.1, 0.15) is 12.3 Å². The molecule has 3 rings (SSSR count). The van der Waals surface area contributed by atoms with Crippen LogP contribution in [0.25, 0.3) is 0 Å². The van der Waals surface area contributed by atoms with Crippen molar-refractivity contribution in [2.75, 3.05) is 28.7 Å². The molecule has 3 amide bonds. The van der Waals surface area contributed by atoms with Crippen LogP contribution >= 0.6 is 0 Å². The molecule has 1 aliphatic heterocycles. The Bertz CT molecular complexity index is 850. The van der Waals surface area contributed by atoms with Crippen molar-refractivity contribution in [3.05, 3.63) is 48.5 Å². The van der Waals surface area contributed by atoms with E-state index in [9.17, 15) is 14.4 Å². The van der Waals surface area contributed by atoms with E-state index < -0.39 is 0 Å². The molecular formula is C19H19N3O4. The Morgan fingerprint density at radius 3 is 2.58 bits per heavy atom. The molecule has 0 bridgehead atoms. The van der Waals surface area contributed by atoms with E-state index in [4.69, 9.17) is 4.74 Å².